The molecule has 0 aromatic heterocycles. The summed E-state index contributed by atoms with van der Waals surface area (Å²) in [6, 6.07) is -0.667. The number of aliphatic hydroxyl groups excluding tert-OH is 2. The first-order valence-electron chi connectivity index (χ1n) is 26.5. The first-order chi connectivity index (χ1) is 30.2. The van der Waals surface area contributed by atoms with Crippen molar-refractivity contribution >= 4 is 20.6 Å². The highest BCUT2D eigenvalue weighted by atomic mass is 16.6. The molecule has 0 aromatic carbocycles. The lowest BCUT2D eigenvalue weighted by Gasteiger charge is -2.37. The van der Waals surface area contributed by atoms with Crippen molar-refractivity contribution in [2.75, 3.05) is 13.2 Å². The Kier molecular flexibility index (Phi) is 39.4. The third kappa shape index (κ3) is 31.3. The number of amides is 2. The maximum atomic E-state index is 12.7. The molecule has 10 nitrogen and oxygen atoms in total. The number of rotatable bonds is 29. The molecule has 2 aliphatic rings. The van der Waals surface area contributed by atoms with E-state index in [1.807, 2.05) is 69.2 Å². The Labute approximate surface area is 411 Å². The van der Waals surface area contributed by atoms with Gasteiger partial charge in [-0.2, -0.15) is 0 Å². The van der Waals surface area contributed by atoms with Crippen LogP contribution in [0.1, 0.15) is 271 Å². The summed E-state index contributed by atoms with van der Waals surface area (Å²) in [7, 11) is 0. The Balaban J connectivity index is -0.00000113. The molecule has 2 N–H and O–H groups in total. The van der Waals surface area contributed by atoms with Gasteiger partial charge >= 0.3 is 12.2 Å². The Morgan fingerprint density at radius 1 is 0.591 bits per heavy atom. The number of carbonyl (C=O) groups excluding carboxylic acids is 2. The summed E-state index contributed by atoms with van der Waals surface area (Å²) >= 11 is 0. The minimum Gasteiger partial charge on any atom is -0.444 e. The van der Waals surface area contributed by atoms with Crippen LogP contribution in [0.4, 0.5) is 9.59 Å². The van der Waals surface area contributed by atoms with Crippen LogP contribution in [0.3, 0.4) is 0 Å². The van der Waals surface area contributed by atoms with Gasteiger partial charge in [0.15, 0.2) is 0 Å². The van der Waals surface area contributed by atoms with Crippen molar-refractivity contribution in [3.05, 3.63) is 12.2 Å². The van der Waals surface area contributed by atoms with Crippen LogP contribution in [0.25, 0.3) is 0 Å². The van der Waals surface area contributed by atoms with E-state index in [-0.39, 0.29) is 34.6 Å². The number of carbonyl (C=O) groups is 2. The molecular weight excluding hydrogens is 827 g/mol. The smallest absolute Gasteiger partial charge is 0.413 e. The van der Waals surface area contributed by atoms with Gasteiger partial charge < -0.3 is 29.2 Å². The molecule has 0 spiro atoms. The lowest BCUT2D eigenvalue weighted by Crippen LogP contribution is -2.55. The summed E-state index contributed by atoms with van der Waals surface area (Å²) < 4.78 is 22.7. The standard InChI is InChI=1S/C26H51NO5.C26H49NO3.C2H6.CH4.B/c1-7-8-9-10-11-12-13-14-15-16-17-18-19-22(28)23(29)21-20-31-26(5,6)27(21)24(30)32-25(2,3)4;1-7-8-9-10-11-12-13-14-15-16-17-18-19-20-21-23-22-29-26(5,6)27(23)24(28)30-25(2,3)4;1-2;;/h21-23,28-29H,7-20H2,1-6H3;20-21,23H,7-19,22H2,1-6H3;1-2H3;1H4;/b;21-20+;;;/t21-,22+,23-;23-;;;/m01.../s1. The molecule has 2 amide bonds. The average Bonchev–Trinajstić information content (AvgIpc) is 3.71. The summed E-state index contributed by atoms with van der Waals surface area (Å²) in [5, 5.41) is 21.3. The summed E-state index contributed by atoms with van der Waals surface area (Å²) in [5.74, 6) is 0. The molecule has 2 aliphatic heterocycles. The molecule has 2 rings (SSSR count). The number of unbranched alkanes of at least 4 members (excludes halogenated alkanes) is 23. The van der Waals surface area contributed by atoms with E-state index in [0.717, 1.165) is 19.3 Å². The normalized spacial score (nSPS) is 18.6. The molecule has 2 fully saturated rings. The molecule has 0 aromatic rings. The lowest BCUT2D eigenvalue weighted by molar-refractivity contribution is -0.0773. The highest BCUT2D eigenvalue weighted by Crippen LogP contribution is 2.33. The number of allylic oxidation sites excluding steroid dienone is 1. The zero-order valence-electron chi connectivity index (χ0n) is 45.1. The van der Waals surface area contributed by atoms with Gasteiger partial charge in [0.25, 0.3) is 0 Å². The van der Waals surface area contributed by atoms with Gasteiger partial charge in [-0.1, -0.05) is 195 Å². The third-order valence-electron chi connectivity index (χ3n) is 11.9. The van der Waals surface area contributed by atoms with Crippen LogP contribution >= 0.6 is 0 Å². The van der Waals surface area contributed by atoms with Crippen LogP contribution in [-0.4, -0.2) is 101 Å². The van der Waals surface area contributed by atoms with E-state index in [0.29, 0.717) is 13.0 Å². The first kappa shape index (κ1) is 68.4. The fraction of sp³-hybridized carbons (Fsp3) is 0.927. The molecule has 0 saturated carbocycles. The van der Waals surface area contributed by atoms with Gasteiger partial charge in [-0.05, 0) is 88.5 Å². The van der Waals surface area contributed by atoms with E-state index in [1.54, 1.807) is 18.7 Å². The Bertz CT molecular complexity index is 1200. The minimum absolute atomic E-state index is 0. The van der Waals surface area contributed by atoms with Crippen LogP contribution in [0.5, 0.6) is 0 Å². The first-order valence-corrected chi connectivity index (χ1v) is 26.5. The van der Waals surface area contributed by atoms with Crippen LogP contribution in [0.2, 0.25) is 0 Å². The minimum atomic E-state index is -1.06. The molecule has 0 aliphatic carbocycles. The van der Waals surface area contributed by atoms with Crippen molar-refractivity contribution in [1.82, 2.24) is 9.80 Å². The van der Waals surface area contributed by atoms with Gasteiger partial charge in [0.1, 0.15) is 28.8 Å². The predicted octanol–water partition coefficient (Wildman–Crippen LogP) is 15.5. The Morgan fingerprint density at radius 2 is 0.924 bits per heavy atom. The van der Waals surface area contributed by atoms with Crippen LogP contribution in [0, 0.1) is 0 Å². The van der Waals surface area contributed by atoms with Crippen molar-refractivity contribution in [1.29, 1.82) is 0 Å². The monoisotopic (exact) mass is 938 g/mol. The summed E-state index contributed by atoms with van der Waals surface area (Å²) in [4.78, 5) is 28.5. The molecule has 4 atom stereocenters. The molecule has 11 heteroatoms. The topological polar surface area (TPSA) is 118 Å². The fourth-order valence-corrected chi connectivity index (χ4v) is 8.37. The molecule has 0 bridgehead atoms. The van der Waals surface area contributed by atoms with Crippen molar-refractivity contribution in [2.24, 2.45) is 0 Å². The molecule has 0 unspecified atom stereocenters. The second kappa shape index (κ2) is 38.0. The Hall–Kier alpha value is -1.82. The molecule has 2 heterocycles. The lowest BCUT2D eigenvalue weighted by atomic mass is 9.98. The van der Waals surface area contributed by atoms with Gasteiger partial charge in [-0.3, -0.25) is 9.80 Å². The van der Waals surface area contributed by atoms with E-state index >= 15 is 0 Å². The summed E-state index contributed by atoms with van der Waals surface area (Å²) in [6.45, 7) is 27.8. The number of hydrogen-bond donors (Lipinski definition) is 2. The highest BCUT2D eigenvalue weighted by molar-refractivity contribution is 5.75. The Morgan fingerprint density at radius 3 is 1.32 bits per heavy atom. The van der Waals surface area contributed by atoms with E-state index in [2.05, 4.69) is 26.0 Å². The zero-order valence-corrected chi connectivity index (χ0v) is 45.1. The fourth-order valence-electron chi connectivity index (χ4n) is 8.37. The van der Waals surface area contributed by atoms with Crippen molar-refractivity contribution in [3.8, 4) is 0 Å². The van der Waals surface area contributed by atoms with E-state index < -0.39 is 47.0 Å². The largest absolute Gasteiger partial charge is 0.444 e. The number of hydrogen-bond acceptors (Lipinski definition) is 8. The highest BCUT2D eigenvalue weighted by Gasteiger charge is 2.50. The second-order valence-electron chi connectivity index (χ2n) is 21.2. The van der Waals surface area contributed by atoms with Gasteiger partial charge in [-0.15, -0.1) is 0 Å². The maximum absolute atomic E-state index is 12.7. The molecule has 2 saturated heterocycles. The van der Waals surface area contributed by atoms with E-state index in [4.69, 9.17) is 18.9 Å². The summed E-state index contributed by atoms with van der Waals surface area (Å²) in [5.41, 5.74) is -2.66. The molecule has 66 heavy (non-hydrogen) atoms. The van der Waals surface area contributed by atoms with E-state index in [9.17, 15) is 19.8 Å². The zero-order chi connectivity index (χ0) is 48.7. The van der Waals surface area contributed by atoms with Crippen molar-refractivity contribution in [3.63, 3.8) is 0 Å². The van der Waals surface area contributed by atoms with Crippen molar-refractivity contribution in [2.45, 2.75) is 318 Å². The number of aliphatic hydroxyl groups is 2. The molecular formula is C55H110BN2O8. The predicted molar refractivity (Wildman–Crippen MR) is 280 cm³/mol. The SMILES string of the molecule is C.CC.CCCCCCCCCCCCCC/C=C/[C@@H]1COC(C)(C)N1C(=O)OC(C)(C)C.CCCCCCCCCCCCCC[C@@H](O)[C@@H](O)[C@@H]1COC(C)(C)N1C(=O)OC(C)(C)C.[B]. The second-order valence-corrected chi connectivity index (χ2v) is 21.2. The number of ether oxygens (including phenoxy) is 4. The van der Waals surface area contributed by atoms with Gasteiger partial charge in [0.05, 0.1) is 31.4 Å². The van der Waals surface area contributed by atoms with Crippen molar-refractivity contribution < 1.29 is 38.7 Å². The average molecular weight is 938 g/mol. The van der Waals surface area contributed by atoms with Gasteiger partial charge in [0.2, 0.25) is 0 Å². The summed E-state index contributed by atoms with van der Waals surface area (Å²) in [6.07, 6.45) is 34.7. The maximum Gasteiger partial charge on any atom is 0.413 e. The van der Waals surface area contributed by atoms with E-state index in [1.165, 1.54) is 146 Å². The number of nitrogens with zero attached hydrogens (tertiary/aromatic N) is 2. The van der Waals surface area contributed by atoms with Gasteiger partial charge in [0, 0.05) is 8.41 Å². The van der Waals surface area contributed by atoms with Crippen LogP contribution < -0.4 is 0 Å². The van der Waals surface area contributed by atoms with Crippen LogP contribution in [-0.2, 0) is 18.9 Å². The molecule has 3 radical (unpaired) electrons. The molecule has 391 valence electrons. The van der Waals surface area contributed by atoms with Crippen LogP contribution in [0.15, 0.2) is 12.2 Å². The van der Waals surface area contributed by atoms with Gasteiger partial charge in [-0.25, -0.2) is 9.59 Å². The quantitative estimate of drug-likeness (QED) is 0.0433. The third-order valence-corrected chi connectivity index (χ3v) is 11.9.